The molecule has 2 aromatic heterocycles. The van der Waals surface area contributed by atoms with Gasteiger partial charge in [0.15, 0.2) is 5.78 Å². The predicted octanol–water partition coefficient (Wildman–Crippen LogP) is 0.986. The summed E-state index contributed by atoms with van der Waals surface area (Å²) in [6.45, 7) is 2.08. The lowest BCUT2D eigenvalue weighted by atomic mass is 10.4. The molecule has 0 aliphatic carbocycles. The molecule has 2 aromatic rings. The molecule has 6 heteroatoms. The molecule has 14 heavy (non-hydrogen) atoms. The number of hydrogen-bond acceptors (Lipinski definition) is 5. The smallest absolute Gasteiger partial charge is 0.178 e. The van der Waals surface area contributed by atoms with E-state index in [0.717, 1.165) is 5.01 Å². The van der Waals surface area contributed by atoms with Gasteiger partial charge in [-0.05, 0) is 0 Å². The highest BCUT2D eigenvalue weighted by Gasteiger charge is 2.06. The van der Waals surface area contributed by atoms with Gasteiger partial charge in [0.05, 0.1) is 6.54 Å². The zero-order valence-corrected chi connectivity index (χ0v) is 8.36. The van der Waals surface area contributed by atoms with Crippen molar-refractivity contribution in [1.29, 1.82) is 0 Å². The number of carbonyl (C=O) groups excluding carboxylic acids is 1. The Labute approximate surface area is 84.4 Å². The maximum atomic E-state index is 11.0. The number of ketones is 1. The second-order valence-electron chi connectivity index (χ2n) is 2.78. The van der Waals surface area contributed by atoms with E-state index in [0.29, 0.717) is 12.2 Å². The maximum Gasteiger partial charge on any atom is 0.178 e. The molecule has 0 atom stereocenters. The highest BCUT2D eigenvalue weighted by Crippen LogP contribution is 2.10. The van der Waals surface area contributed by atoms with Gasteiger partial charge in [0.25, 0.3) is 0 Å². The number of carbonyl (C=O) groups is 1. The SMILES string of the molecule is CC(=O)c1csc(Cn2cncn2)n1. The molecule has 5 nitrogen and oxygen atoms in total. The Morgan fingerprint density at radius 1 is 1.64 bits per heavy atom. The summed E-state index contributed by atoms with van der Waals surface area (Å²) in [5, 5.41) is 6.57. The Balaban J connectivity index is 2.14. The first-order valence-electron chi connectivity index (χ1n) is 4.03. The number of nitrogens with zero attached hydrogens (tertiary/aromatic N) is 4. The summed E-state index contributed by atoms with van der Waals surface area (Å²) in [6.07, 6.45) is 3.09. The third-order valence-corrected chi connectivity index (χ3v) is 2.51. The third kappa shape index (κ3) is 1.85. The van der Waals surface area contributed by atoms with Crippen LogP contribution >= 0.6 is 11.3 Å². The molecule has 2 rings (SSSR count). The normalized spacial score (nSPS) is 10.4. The largest absolute Gasteiger partial charge is 0.293 e. The van der Waals surface area contributed by atoms with E-state index in [4.69, 9.17) is 0 Å². The number of rotatable bonds is 3. The van der Waals surface area contributed by atoms with Crippen LogP contribution in [0.4, 0.5) is 0 Å². The van der Waals surface area contributed by atoms with Crippen molar-refractivity contribution in [2.45, 2.75) is 13.5 Å². The lowest BCUT2D eigenvalue weighted by Crippen LogP contribution is -2.00. The number of hydrogen-bond donors (Lipinski definition) is 0. The topological polar surface area (TPSA) is 60.7 Å². The molecule has 0 radical (unpaired) electrons. The first-order chi connectivity index (χ1) is 6.75. The van der Waals surface area contributed by atoms with Crippen molar-refractivity contribution in [3.8, 4) is 0 Å². The molecule has 0 saturated heterocycles. The average Bonchev–Trinajstić information content (AvgIpc) is 2.75. The first kappa shape index (κ1) is 9.01. The van der Waals surface area contributed by atoms with Crippen molar-refractivity contribution in [1.82, 2.24) is 19.7 Å². The van der Waals surface area contributed by atoms with Crippen LogP contribution in [0.1, 0.15) is 22.4 Å². The van der Waals surface area contributed by atoms with Gasteiger partial charge < -0.3 is 0 Å². The molecule has 0 saturated carbocycles. The summed E-state index contributed by atoms with van der Waals surface area (Å²) >= 11 is 1.46. The van der Waals surface area contributed by atoms with Crippen LogP contribution in [0.25, 0.3) is 0 Å². The summed E-state index contributed by atoms with van der Waals surface area (Å²) < 4.78 is 1.67. The molecule has 0 aliphatic rings. The van der Waals surface area contributed by atoms with Crippen molar-refractivity contribution in [2.75, 3.05) is 0 Å². The zero-order valence-electron chi connectivity index (χ0n) is 7.54. The number of Topliss-reactive ketones (excluding diaryl/α,β-unsaturated/α-hetero) is 1. The molecular weight excluding hydrogens is 200 g/mol. The van der Waals surface area contributed by atoms with Gasteiger partial charge >= 0.3 is 0 Å². The van der Waals surface area contributed by atoms with E-state index in [-0.39, 0.29) is 5.78 Å². The fraction of sp³-hybridized carbons (Fsp3) is 0.250. The van der Waals surface area contributed by atoms with Crippen molar-refractivity contribution in [3.63, 3.8) is 0 Å². The van der Waals surface area contributed by atoms with Crippen molar-refractivity contribution in [2.24, 2.45) is 0 Å². The molecule has 0 aliphatic heterocycles. The summed E-state index contributed by atoms with van der Waals surface area (Å²) in [5.41, 5.74) is 0.519. The van der Waals surface area contributed by atoms with E-state index in [1.54, 1.807) is 16.4 Å². The van der Waals surface area contributed by atoms with Crippen LogP contribution in [0, 0.1) is 0 Å². The Kier molecular flexibility index (Phi) is 2.36. The Morgan fingerprint density at radius 3 is 3.07 bits per heavy atom. The predicted molar refractivity (Wildman–Crippen MR) is 51.2 cm³/mol. The van der Waals surface area contributed by atoms with E-state index in [9.17, 15) is 4.79 Å². The fourth-order valence-electron chi connectivity index (χ4n) is 0.998. The number of thiazole rings is 1. The van der Waals surface area contributed by atoms with Gasteiger partial charge in [0.2, 0.25) is 0 Å². The van der Waals surface area contributed by atoms with E-state index in [1.807, 2.05) is 0 Å². The molecule has 0 bridgehead atoms. The fourth-order valence-corrected chi connectivity index (χ4v) is 1.82. The Hall–Kier alpha value is -1.56. The van der Waals surface area contributed by atoms with Crippen LogP contribution in [0.5, 0.6) is 0 Å². The van der Waals surface area contributed by atoms with Crippen molar-refractivity contribution >= 4 is 17.1 Å². The van der Waals surface area contributed by atoms with Crippen LogP contribution < -0.4 is 0 Å². The molecule has 0 aromatic carbocycles. The van der Waals surface area contributed by atoms with Crippen molar-refractivity contribution < 1.29 is 4.79 Å². The van der Waals surface area contributed by atoms with Crippen molar-refractivity contribution in [3.05, 3.63) is 28.7 Å². The molecule has 0 N–H and O–H groups in total. The van der Waals surface area contributed by atoms with Gasteiger partial charge in [0.1, 0.15) is 23.4 Å². The van der Waals surface area contributed by atoms with E-state index >= 15 is 0 Å². The van der Waals surface area contributed by atoms with E-state index in [2.05, 4.69) is 15.1 Å². The van der Waals surface area contributed by atoms with Crippen LogP contribution in [-0.4, -0.2) is 25.5 Å². The molecule has 0 spiro atoms. The molecule has 2 heterocycles. The highest BCUT2D eigenvalue weighted by molar-refractivity contribution is 7.09. The summed E-state index contributed by atoms with van der Waals surface area (Å²) in [5.74, 6) is -0.00825. The second kappa shape index (κ2) is 3.67. The van der Waals surface area contributed by atoms with Gasteiger partial charge in [-0.15, -0.1) is 11.3 Å². The summed E-state index contributed by atoms with van der Waals surface area (Å²) in [6, 6.07) is 0. The van der Waals surface area contributed by atoms with Crippen LogP contribution in [0.15, 0.2) is 18.0 Å². The molecule has 72 valence electrons. The Morgan fingerprint density at radius 2 is 2.50 bits per heavy atom. The lowest BCUT2D eigenvalue weighted by Gasteiger charge is -1.93. The lowest BCUT2D eigenvalue weighted by molar-refractivity contribution is 0.101. The van der Waals surface area contributed by atoms with Gasteiger partial charge in [-0.1, -0.05) is 0 Å². The quantitative estimate of drug-likeness (QED) is 0.705. The summed E-state index contributed by atoms with van der Waals surface area (Å²) in [4.78, 5) is 19.0. The first-order valence-corrected chi connectivity index (χ1v) is 4.91. The molecule has 0 unspecified atom stereocenters. The zero-order chi connectivity index (χ0) is 9.97. The summed E-state index contributed by atoms with van der Waals surface area (Å²) in [7, 11) is 0. The molecule has 0 amide bonds. The molecular formula is C8H8N4OS. The standard InChI is InChI=1S/C8H8N4OS/c1-6(13)7-3-14-8(11-7)2-12-5-9-4-10-12/h3-5H,2H2,1H3. The third-order valence-electron chi connectivity index (χ3n) is 1.68. The minimum atomic E-state index is -0.00825. The number of aromatic nitrogens is 4. The van der Waals surface area contributed by atoms with Crippen LogP contribution in [0.2, 0.25) is 0 Å². The van der Waals surface area contributed by atoms with E-state index in [1.165, 1.54) is 24.6 Å². The minimum Gasteiger partial charge on any atom is -0.293 e. The second-order valence-corrected chi connectivity index (χ2v) is 3.72. The Bertz CT molecular complexity index is 434. The van der Waals surface area contributed by atoms with Crippen LogP contribution in [0.3, 0.4) is 0 Å². The van der Waals surface area contributed by atoms with Crippen LogP contribution in [-0.2, 0) is 6.54 Å². The maximum absolute atomic E-state index is 11.0. The van der Waals surface area contributed by atoms with Gasteiger partial charge in [0, 0.05) is 12.3 Å². The monoisotopic (exact) mass is 208 g/mol. The highest BCUT2D eigenvalue weighted by atomic mass is 32.1. The molecule has 0 fully saturated rings. The average molecular weight is 208 g/mol. The van der Waals surface area contributed by atoms with Gasteiger partial charge in [-0.3, -0.25) is 4.79 Å². The van der Waals surface area contributed by atoms with Gasteiger partial charge in [-0.25, -0.2) is 14.6 Å². The van der Waals surface area contributed by atoms with Gasteiger partial charge in [-0.2, -0.15) is 5.10 Å². The van der Waals surface area contributed by atoms with E-state index < -0.39 is 0 Å². The minimum absolute atomic E-state index is 0.00825.